The molecule has 1 saturated carbocycles. The predicted molar refractivity (Wildman–Crippen MR) is 109 cm³/mol. The van der Waals surface area contributed by atoms with Crippen LogP contribution in [0.5, 0.6) is 0 Å². The highest BCUT2D eigenvalue weighted by Crippen LogP contribution is 2.31. The maximum absolute atomic E-state index is 11.2. The van der Waals surface area contributed by atoms with Crippen molar-refractivity contribution in [1.82, 2.24) is 4.98 Å². The van der Waals surface area contributed by atoms with Crippen LogP contribution < -0.4 is 5.73 Å². The van der Waals surface area contributed by atoms with Gasteiger partial charge in [-0.05, 0) is 51.2 Å². The first-order valence-corrected chi connectivity index (χ1v) is 10.1. The third-order valence-corrected chi connectivity index (χ3v) is 5.73. The minimum Gasteiger partial charge on any atom is -0.441 e. The fraction of sp³-hybridized carbons (Fsp3) is 0.524. The summed E-state index contributed by atoms with van der Waals surface area (Å²) in [4.78, 5) is 15.9. The predicted octanol–water partition coefficient (Wildman–Crippen LogP) is 4.21. The molecular formula is C21H28N2O3S. The normalized spacial score (nSPS) is 21.1. The van der Waals surface area contributed by atoms with Crippen molar-refractivity contribution < 1.29 is 13.9 Å². The molecule has 0 radical (unpaired) electrons. The van der Waals surface area contributed by atoms with E-state index in [0.29, 0.717) is 18.4 Å². The molecule has 1 aliphatic rings. The summed E-state index contributed by atoms with van der Waals surface area (Å²) in [5, 5.41) is -0.372. The lowest BCUT2D eigenvalue weighted by Gasteiger charge is -2.30. The van der Waals surface area contributed by atoms with Gasteiger partial charge in [0.2, 0.25) is 11.8 Å². The van der Waals surface area contributed by atoms with Crippen LogP contribution in [-0.4, -0.2) is 22.2 Å². The van der Waals surface area contributed by atoms with Crippen LogP contribution in [0.15, 0.2) is 28.7 Å². The SMILES string of the molecule is Cc1ccc(-c2nc(COC3CCCC(CC(S)C(N)=O)C3)c(C)o2)cc1. The van der Waals surface area contributed by atoms with Crippen LogP contribution in [0.2, 0.25) is 0 Å². The van der Waals surface area contributed by atoms with E-state index in [2.05, 4.69) is 24.5 Å². The number of benzene rings is 1. The average Bonchev–Trinajstić information content (AvgIpc) is 3.01. The maximum atomic E-state index is 11.2. The molecule has 1 aliphatic carbocycles. The molecule has 2 N–H and O–H groups in total. The highest BCUT2D eigenvalue weighted by Gasteiger charge is 2.26. The maximum Gasteiger partial charge on any atom is 0.230 e. The molecule has 27 heavy (non-hydrogen) atoms. The average molecular weight is 389 g/mol. The van der Waals surface area contributed by atoms with Gasteiger partial charge in [0.25, 0.3) is 0 Å². The molecule has 0 saturated heterocycles. The van der Waals surface area contributed by atoms with Gasteiger partial charge < -0.3 is 14.9 Å². The van der Waals surface area contributed by atoms with Gasteiger partial charge in [0.15, 0.2) is 0 Å². The summed E-state index contributed by atoms with van der Waals surface area (Å²) in [6.07, 6.45) is 5.07. The first kappa shape index (κ1) is 20.0. The highest BCUT2D eigenvalue weighted by molar-refractivity contribution is 7.81. The van der Waals surface area contributed by atoms with E-state index in [-0.39, 0.29) is 17.3 Å². The molecule has 0 bridgehead atoms. The second kappa shape index (κ2) is 8.93. The number of oxazole rings is 1. The number of aryl methyl sites for hydroxylation is 2. The fourth-order valence-corrected chi connectivity index (χ4v) is 3.92. The zero-order valence-corrected chi connectivity index (χ0v) is 16.9. The molecule has 1 aromatic heterocycles. The van der Waals surface area contributed by atoms with Crippen molar-refractivity contribution in [2.75, 3.05) is 0 Å². The van der Waals surface area contributed by atoms with Crippen molar-refractivity contribution in [1.29, 1.82) is 0 Å². The van der Waals surface area contributed by atoms with E-state index < -0.39 is 0 Å². The van der Waals surface area contributed by atoms with Gasteiger partial charge in [0, 0.05) is 5.56 Å². The summed E-state index contributed by atoms with van der Waals surface area (Å²) in [7, 11) is 0. The zero-order valence-electron chi connectivity index (χ0n) is 16.0. The summed E-state index contributed by atoms with van der Waals surface area (Å²) in [6, 6.07) is 8.13. The Bertz CT molecular complexity index is 772. The van der Waals surface area contributed by atoms with Crippen LogP contribution in [0, 0.1) is 19.8 Å². The van der Waals surface area contributed by atoms with E-state index in [1.165, 1.54) is 5.56 Å². The number of nitrogens with zero attached hydrogens (tertiary/aromatic N) is 1. The van der Waals surface area contributed by atoms with E-state index in [1.54, 1.807) is 0 Å². The quantitative estimate of drug-likeness (QED) is 0.697. The molecule has 2 aromatic rings. The number of carbonyl (C=O) groups is 1. The van der Waals surface area contributed by atoms with E-state index in [4.69, 9.17) is 14.9 Å². The van der Waals surface area contributed by atoms with Gasteiger partial charge >= 0.3 is 0 Å². The molecule has 0 spiro atoms. The number of hydrogen-bond acceptors (Lipinski definition) is 5. The molecule has 146 valence electrons. The summed E-state index contributed by atoms with van der Waals surface area (Å²) in [5.41, 5.74) is 8.35. The van der Waals surface area contributed by atoms with Crippen molar-refractivity contribution in [3.05, 3.63) is 41.3 Å². The molecule has 3 unspecified atom stereocenters. The third kappa shape index (κ3) is 5.36. The van der Waals surface area contributed by atoms with E-state index in [1.807, 2.05) is 31.2 Å². The summed E-state index contributed by atoms with van der Waals surface area (Å²) in [5.74, 6) is 1.51. The standard InChI is InChI=1S/C21H28N2O3S/c1-13-6-8-16(9-7-13)21-23-18(14(2)26-21)12-25-17-5-3-4-15(10-17)11-19(27)20(22)24/h6-9,15,17,19,27H,3-5,10-12H2,1-2H3,(H2,22,24). The largest absolute Gasteiger partial charge is 0.441 e. The second-order valence-electron chi connectivity index (χ2n) is 7.51. The molecule has 5 nitrogen and oxygen atoms in total. The van der Waals surface area contributed by atoms with Crippen molar-refractivity contribution in [2.24, 2.45) is 11.7 Å². The Hall–Kier alpha value is -1.79. The van der Waals surface area contributed by atoms with E-state index in [9.17, 15) is 4.79 Å². The first-order chi connectivity index (χ1) is 12.9. The number of aromatic nitrogens is 1. The van der Waals surface area contributed by atoms with Crippen molar-refractivity contribution in [2.45, 2.75) is 63.9 Å². The fourth-order valence-electron chi connectivity index (χ4n) is 3.62. The number of hydrogen-bond donors (Lipinski definition) is 2. The minimum atomic E-state index is -0.372. The van der Waals surface area contributed by atoms with Gasteiger partial charge in [-0.1, -0.05) is 30.5 Å². The molecule has 1 heterocycles. The lowest BCUT2D eigenvalue weighted by Crippen LogP contribution is -2.30. The molecule has 1 aromatic carbocycles. The molecule has 0 aliphatic heterocycles. The van der Waals surface area contributed by atoms with Crippen molar-refractivity contribution in [3.8, 4) is 11.5 Å². The van der Waals surface area contributed by atoms with Crippen LogP contribution in [0.4, 0.5) is 0 Å². The number of carbonyl (C=O) groups excluding carboxylic acids is 1. The third-order valence-electron chi connectivity index (χ3n) is 5.27. The number of nitrogens with two attached hydrogens (primary N) is 1. The Morgan fingerprint density at radius 3 is 2.78 bits per heavy atom. The lowest BCUT2D eigenvalue weighted by molar-refractivity contribution is -0.117. The summed E-state index contributed by atoms with van der Waals surface area (Å²) < 4.78 is 12.0. The molecular weight excluding hydrogens is 360 g/mol. The van der Waals surface area contributed by atoms with Gasteiger partial charge in [-0.15, -0.1) is 0 Å². The summed E-state index contributed by atoms with van der Waals surface area (Å²) in [6.45, 7) is 4.42. The lowest BCUT2D eigenvalue weighted by atomic mass is 9.84. The number of primary amides is 1. The molecule has 1 amide bonds. The van der Waals surface area contributed by atoms with E-state index >= 15 is 0 Å². The molecule has 3 rings (SSSR count). The van der Waals surface area contributed by atoms with Crippen molar-refractivity contribution >= 4 is 18.5 Å². The van der Waals surface area contributed by atoms with Gasteiger partial charge in [-0.3, -0.25) is 4.79 Å². The van der Waals surface area contributed by atoms with Crippen LogP contribution in [0.25, 0.3) is 11.5 Å². The van der Waals surface area contributed by atoms with Gasteiger partial charge in [-0.2, -0.15) is 12.6 Å². The highest BCUT2D eigenvalue weighted by atomic mass is 32.1. The van der Waals surface area contributed by atoms with Gasteiger partial charge in [0.05, 0.1) is 18.0 Å². The zero-order chi connectivity index (χ0) is 19.4. The smallest absolute Gasteiger partial charge is 0.230 e. The monoisotopic (exact) mass is 388 g/mol. The van der Waals surface area contributed by atoms with Gasteiger partial charge in [0.1, 0.15) is 11.5 Å². The molecule has 1 fully saturated rings. The van der Waals surface area contributed by atoms with Crippen LogP contribution in [-0.2, 0) is 16.1 Å². The van der Waals surface area contributed by atoms with Crippen molar-refractivity contribution in [3.63, 3.8) is 0 Å². The first-order valence-electron chi connectivity index (χ1n) is 9.54. The Morgan fingerprint density at radius 1 is 1.33 bits per heavy atom. The van der Waals surface area contributed by atoms with Crippen LogP contribution in [0.1, 0.15) is 49.1 Å². The van der Waals surface area contributed by atoms with E-state index in [0.717, 1.165) is 49.1 Å². The number of amides is 1. The Balaban J connectivity index is 1.56. The number of rotatable bonds is 7. The minimum absolute atomic E-state index is 0.177. The van der Waals surface area contributed by atoms with Gasteiger partial charge in [-0.25, -0.2) is 4.98 Å². The van der Waals surface area contributed by atoms with Crippen LogP contribution in [0.3, 0.4) is 0 Å². The topological polar surface area (TPSA) is 78.4 Å². The van der Waals surface area contributed by atoms with Crippen LogP contribution >= 0.6 is 12.6 Å². The molecule has 3 atom stereocenters. The Morgan fingerprint density at radius 2 is 2.07 bits per heavy atom. The molecule has 6 heteroatoms. The Labute approximate surface area is 166 Å². The summed E-state index contributed by atoms with van der Waals surface area (Å²) >= 11 is 4.29. The second-order valence-corrected chi connectivity index (χ2v) is 8.13. The number of thiol groups is 1. The number of ether oxygens (including phenoxy) is 1. The Kier molecular flexibility index (Phi) is 6.60.